The fourth-order valence-corrected chi connectivity index (χ4v) is 15.1. The third-order valence-corrected chi connectivity index (χ3v) is 22.1. The highest BCUT2D eigenvalue weighted by atomic mass is 35.5. The molecular formula is C85H103Cl2N21O4. The fraction of sp³-hybridized carbons (Fsp3) is 0.400. The molecule has 4 aromatic carbocycles. The second-order valence-electron chi connectivity index (χ2n) is 28.8. The van der Waals surface area contributed by atoms with Crippen LogP contribution in [0.1, 0.15) is 62.5 Å². The molecular weight excluding hydrogens is 1450 g/mol. The van der Waals surface area contributed by atoms with Gasteiger partial charge in [-0.1, -0.05) is 83.9 Å². The summed E-state index contributed by atoms with van der Waals surface area (Å²) in [5, 5.41) is 35.3. The fourth-order valence-electron chi connectivity index (χ4n) is 14.7. The third-order valence-electron chi connectivity index (χ3n) is 21.3. The van der Waals surface area contributed by atoms with Gasteiger partial charge in [0.2, 0.25) is 23.5 Å². The summed E-state index contributed by atoms with van der Waals surface area (Å²) in [7, 11) is 0. The van der Waals surface area contributed by atoms with E-state index in [-0.39, 0.29) is 0 Å². The third kappa shape index (κ3) is 21.8. The lowest BCUT2D eigenvalue weighted by Gasteiger charge is -2.37. The summed E-state index contributed by atoms with van der Waals surface area (Å²) < 4.78 is 23.1. The minimum atomic E-state index is 0.614. The second-order valence-corrected chi connectivity index (χ2v) is 29.6. The molecule has 4 fully saturated rings. The number of H-pyrrole nitrogens is 4. The van der Waals surface area contributed by atoms with Gasteiger partial charge in [0.05, 0.1) is 66.9 Å². The Morgan fingerprint density at radius 2 is 0.688 bits per heavy atom. The molecule has 4 aliphatic heterocycles. The molecule has 25 nitrogen and oxygen atoms in total. The van der Waals surface area contributed by atoms with Crippen LogP contribution >= 0.6 is 23.2 Å². The quantitative estimate of drug-likeness (QED) is 0.0333. The van der Waals surface area contributed by atoms with Crippen molar-refractivity contribution in [2.75, 3.05) is 177 Å². The van der Waals surface area contributed by atoms with E-state index in [0.29, 0.717) is 60.0 Å². The van der Waals surface area contributed by atoms with Gasteiger partial charge in [0.25, 0.3) is 0 Å². The number of benzene rings is 4. The standard InChI is InChI=1S/C24H27N5O.C22H29N5O.C20H23Cl2N5O.C19H24N6O/c1-2-8-21-19(6-1)7-5-9-22(21)29-15-13-28(14-16-29)12-3-4-17-30-23-11-10-20-18-25-27-24(20)26-23;1-17-6-5-7-20(18(17)2)27-13-11-26(12-14-27)10-3-4-15-28-21-9-8-19-16-23-25-22(19)24-21;21-16-4-3-5-17(19(16)22)27-11-9-26(10-12-27)8-1-2-13-28-18-7-6-15-14-23-25-20(15)24-18;1-2-8-20-17(5-1)25-12-10-24(11-13-25)9-3-4-14-26-18-7-6-16-15-21-23-19(16)22-18/h1-2,5-11,18H,3-4,12-17H2,(H,25,26,27);5-9,16H,3-4,10-15H2,1-2H3,(H,23,24,25);3-7,14H,1-2,8-13H2,(H,23,24,25);1-2,5-8,15H,3-4,9-14H2,(H,21,22,23). The van der Waals surface area contributed by atoms with E-state index in [2.05, 4.69) is 185 Å². The van der Waals surface area contributed by atoms with Crippen molar-refractivity contribution in [1.29, 1.82) is 0 Å². The van der Waals surface area contributed by atoms with Crippen LogP contribution in [0.25, 0.3) is 54.9 Å². The van der Waals surface area contributed by atoms with Crippen LogP contribution in [0, 0.1) is 13.8 Å². The van der Waals surface area contributed by atoms with Crippen LogP contribution in [0.15, 0.2) is 177 Å². The molecule has 0 radical (unpaired) electrons. The molecule has 4 N–H and O–H groups in total. The van der Waals surface area contributed by atoms with Crippen molar-refractivity contribution >= 4 is 101 Å². The number of pyridine rings is 5. The molecule has 0 bridgehead atoms. The van der Waals surface area contributed by atoms with E-state index in [1.54, 1.807) is 24.8 Å². The van der Waals surface area contributed by atoms with Gasteiger partial charge in [-0.05, 0) is 169 Å². The summed E-state index contributed by atoms with van der Waals surface area (Å²) in [5.74, 6) is 3.71. The maximum absolute atomic E-state index is 6.35. The highest BCUT2D eigenvalue weighted by molar-refractivity contribution is 6.43. The van der Waals surface area contributed by atoms with Crippen molar-refractivity contribution in [2.45, 2.75) is 65.2 Å². The number of hydrogen-bond acceptors (Lipinski definition) is 21. The van der Waals surface area contributed by atoms with E-state index in [9.17, 15) is 0 Å². The Labute approximate surface area is 664 Å². The predicted octanol–water partition coefficient (Wildman–Crippen LogP) is 14.2. The number of ether oxygens (including phenoxy) is 4. The number of halogens is 2. The Morgan fingerprint density at radius 3 is 1.12 bits per heavy atom. The summed E-state index contributed by atoms with van der Waals surface area (Å²) in [6.07, 6.45) is 17.6. The summed E-state index contributed by atoms with van der Waals surface area (Å²) in [5.41, 5.74) is 9.66. The summed E-state index contributed by atoms with van der Waals surface area (Å²) in [6.45, 7) is 28.8. The molecule has 4 saturated heterocycles. The van der Waals surface area contributed by atoms with E-state index in [0.717, 1.165) is 238 Å². The van der Waals surface area contributed by atoms with Crippen molar-refractivity contribution in [3.05, 3.63) is 198 Å². The van der Waals surface area contributed by atoms with Crippen LogP contribution in [0.2, 0.25) is 10.0 Å². The average Bonchev–Trinajstić information content (AvgIpc) is 0.944. The first-order chi connectivity index (χ1) is 55.2. The van der Waals surface area contributed by atoms with Gasteiger partial charge in [0, 0.05) is 173 Å². The van der Waals surface area contributed by atoms with Crippen LogP contribution in [0.4, 0.5) is 22.9 Å². The Morgan fingerprint density at radius 1 is 0.330 bits per heavy atom. The van der Waals surface area contributed by atoms with Gasteiger partial charge in [-0.3, -0.25) is 40.0 Å². The average molecular weight is 1550 g/mol. The number of aryl methyl sites for hydroxylation is 1. The molecule has 0 spiro atoms. The molecule has 13 aromatic rings. The molecule has 0 saturated carbocycles. The Balaban J connectivity index is 0.000000124. The van der Waals surface area contributed by atoms with E-state index < -0.39 is 0 Å². The first-order valence-corrected chi connectivity index (χ1v) is 40.4. The maximum Gasteiger partial charge on any atom is 0.215 e. The monoisotopic (exact) mass is 1550 g/mol. The molecule has 4 aliphatic rings. The molecule has 586 valence electrons. The zero-order chi connectivity index (χ0) is 76.5. The van der Waals surface area contributed by atoms with Gasteiger partial charge >= 0.3 is 0 Å². The number of aromatic nitrogens is 13. The maximum atomic E-state index is 6.35. The Bertz CT molecular complexity index is 4860. The largest absolute Gasteiger partial charge is 0.478 e. The van der Waals surface area contributed by atoms with E-state index in [4.69, 9.17) is 42.1 Å². The predicted molar refractivity (Wildman–Crippen MR) is 450 cm³/mol. The number of piperazine rings is 4. The lowest BCUT2D eigenvalue weighted by Crippen LogP contribution is -2.46. The molecule has 0 aliphatic carbocycles. The number of aromatic amines is 4. The van der Waals surface area contributed by atoms with Crippen molar-refractivity contribution in [1.82, 2.24) is 85.3 Å². The second kappa shape index (κ2) is 40.2. The number of unbranched alkanes of at least 4 members (excludes halogenated alkanes) is 4. The van der Waals surface area contributed by atoms with Gasteiger partial charge in [-0.15, -0.1) is 0 Å². The van der Waals surface area contributed by atoms with Gasteiger partial charge in [-0.2, -0.15) is 40.3 Å². The van der Waals surface area contributed by atoms with E-state index in [1.165, 1.54) is 33.3 Å². The van der Waals surface area contributed by atoms with Gasteiger partial charge in [-0.25, -0.2) is 4.98 Å². The summed E-state index contributed by atoms with van der Waals surface area (Å²) in [6, 6.07) is 49.3. The molecule has 13 heterocycles. The van der Waals surface area contributed by atoms with Gasteiger partial charge < -0.3 is 38.5 Å². The lowest BCUT2D eigenvalue weighted by atomic mass is 10.1. The molecule has 17 rings (SSSR count). The van der Waals surface area contributed by atoms with Crippen LogP contribution in [-0.2, 0) is 0 Å². The van der Waals surface area contributed by atoms with Crippen LogP contribution in [-0.4, -0.2) is 243 Å². The van der Waals surface area contributed by atoms with E-state index in [1.807, 2.05) is 85.1 Å². The van der Waals surface area contributed by atoms with Gasteiger partial charge in [0.15, 0.2) is 22.6 Å². The van der Waals surface area contributed by atoms with Crippen LogP contribution in [0.5, 0.6) is 23.5 Å². The highest BCUT2D eigenvalue weighted by Crippen LogP contribution is 2.34. The first-order valence-electron chi connectivity index (χ1n) is 39.7. The van der Waals surface area contributed by atoms with Crippen molar-refractivity contribution in [3.63, 3.8) is 0 Å². The van der Waals surface area contributed by atoms with E-state index >= 15 is 0 Å². The number of fused-ring (bicyclic) bond motifs is 5. The van der Waals surface area contributed by atoms with Gasteiger partial charge in [0.1, 0.15) is 5.82 Å². The molecule has 112 heavy (non-hydrogen) atoms. The summed E-state index contributed by atoms with van der Waals surface area (Å²) >= 11 is 12.5. The SMILES string of the molecule is Cc1cccc(N2CCN(CCCCOc3ccc4cn[nH]c4n3)CC2)c1C.Clc1cccc(N2CCN(CCCCOc3ccc4cn[nH]c4n3)CC2)c1Cl.c1ccc(N2CCN(CCCCOc3ccc4cn[nH]c4n3)CC2)nc1.c1ccc2c(N3CCN(CCCCOc4ccc5cn[nH]c5n4)CC3)cccc2c1. The number of hydrogen-bond donors (Lipinski definition) is 4. The number of nitrogens with zero attached hydrogens (tertiary/aromatic N) is 17. The summed E-state index contributed by atoms with van der Waals surface area (Å²) in [4.78, 5) is 41.9. The Hall–Kier alpha value is -10.4. The van der Waals surface area contributed by atoms with Crippen molar-refractivity contribution < 1.29 is 18.9 Å². The normalized spacial score (nSPS) is 15.3. The molecule has 0 amide bonds. The minimum Gasteiger partial charge on any atom is -0.478 e. The highest BCUT2D eigenvalue weighted by Gasteiger charge is 2.23. The molecule has 9 aromatic heterocycles. The van der Waals surface area contributed by atoms with Crippen molar-refractivity contribution in [2.24, 2.45) is 0 Å². The first kappa shape index (κ1) is 78.3. The molecule has 0 unspecified atom stereocenters. The topological polar surface area (TPSA) is 242 Å². The Kier molecular flexibility index (Phi) is 28.1. The zero-order valence-corrected chi connectivity index (χ0v) is 65.9. The lowest BCUT2D eigenvalue weighted by molar-refractivity contribution is 0.236. The molecule has 0 atom stereocenters. The van der Waals surface area contributed by atoms with Crippen LogP contribution < -0.4 is 38.5 Å². The minimum absolute atomic E-state index is 0.614. The number of anilines is 4. The molecule has 27 heteroatoms. The van der Waals surface area contributed by atoms with Crippen molar-refractivity contribution in [3.8, 4) is 23.5 Å². The smallest absolute Gasteiger partial charge is 0.215 e. The van der Waals surface area contributed by atoms with Crippen LogP contribution in [0.3, 0.4) is 0 Å². The zero-order valence-electron chi connectivity index (χ0n) is 64.4. The number of rotatable bonds is 28. The number of nitrogens with one attached hydrogen (secondary N) is 4.